The van der Waals surface area contributed by atoms with Crippen molar-refractivity contribution < 1.29 is 28.7 Å². The van der Waals surface area contributed by atoms with Crippen LogP contribution in [0.1, 0.15) is 62.1 Å². The van der Waals surface area contributed by atoms with Crippen LogP contribution in [-0.2, 0) is 35.3 Å². The molecule has 2 aliphatic rings. The number of hydrogen-bond acceptors (Lipinski definition) is 6. The van der Waals surface area contributed by atoms with Crippen LogP contribution in [0.3, 0.4) is 0 Å². The number of nitrogens with zero attached hydrogens (tertiary/aromatic N) is 2. The number of carbonyl (C=O) groups is 4. The van der Waals surface area contributed by atoms with Crippen LogP contribution in [0.25, 0.3) is 0 Å². The van der Waals surface area contributed by atoms with E-state index in [2.05, 4.69) is 0 Å². The van der Waals surface area contributed by atoms with Gasteiger partial charge in [-0.3, -0.25) is 19.3 Å². The number of ether oxygens (including phenoxy) is 2. The first-order valence-corrected chi connectivity index (χ1v) is 15.0. The first kappa shape index (κ1) is 30.2. The zero-order valence-electron chi connectivity index (χ0n) is 24.7. The van der Waals surface area contributed by atoms with E-state index in [0.717, 1.165) is 21.6 Å². The number of carbonyl (C=O) groups excluding carboxylic acids is 4. The first-order chi connectivity index (χ1) is 20.9. The molecule has 2 saturated heterocycles. The average molecular weight is 583 g/mol. The highest BCUT2D eigenvalue weighted by molar-refractivity contribution is 6.07. The van der Waals surface area contributed by atoms with Crippen LogP contribution in [-0.4, -0.2) is 58.9 Å². The van der Waals surface area contributed by atoms with Gasteiger partial charge < -0.3 is 14.4 Å². The van der Waals surface area contributed by atoms with Crippen LogP contribution in [0.5, 0.6) is 0 Å². The van der Waals surface area contributed by atoms with Crippen molar-refractivity contribution in [3.05, 3.63) is 108 Å². The molecule has 2 atom stereocenters. The van der Waals surface area contributed by atoms with Gasteiger partial charge >= 0.3 is 5.97 Å². The molecule has 0 aliphatic carbocycles. The van der Waals surface area contributed by atoms with Crippen LogP contribution in [0.4, 0.5) is 0 Å². The van der Waals surface area contributed by atoms with Gasteiger partial charge in [0.1, 0.15) is 19.3 Å². The Bertz CT molecular complexity index is 1380. The maximum Gasteiger partial charge on any atom is 0.332 e. The van der Waals surface area contributed by atoms with Crippen molar-refractivity contribution in [1.82, 2.24) is 9.80 Å². The maximum absolute atomic E-state index is 14.2. The summed E-state index contributed by atoms with van der Waals surface area (Å²) in [7, 11) is 0. The number of esters is 1. The quantitative estimate of drug-likeness (QED) is 0.178. The third-order valence-corrected chi connectivity index (χ3v) is 8.79. The van der Waals surface area contributed by atoms with E-state index >= 15 is 0 Å². The van der Waals surface area contributed by atoms with E-state index in [1.807, 2.05) is 105 Å². The lowest BCUT2D eigenvalue weighted by Gasteiger charge is -2.54. The molecule has 1 unspecified atom stereocenters. The molecule has 2 heterocycles. The number of rotatable bonds is 11. The van der Waals surface area contributed by atoms with Crippen LogP contribution in [0.2, 0.25) is 0 Å². The molecular weight excluding hydrogens is 544 g/mol. The number of imide groups is 1. The summed E-state index contributed by atoms with van der Waals surface area (Å²) in [5.74, 6) is -2.13. The van der Waals surface area contributed by atoms with E-state index in [1.165, 1.54) is 0 Å². The number of amides is 3. The summed E-state index contributed by atoms with van der Waals surface area (Å²) in [5.41, 5.74) is 1.60. The van der Waals surface area contributed by atoms with Gasteiger partial charge in [0.15, 0.2) is 6.23 Å². The van der Waals surface area contributed by atoms with Gasteiger partial charge in [-0.05, 0) is 42.4 Å². The molecule has 0 bridgehead atoms. The minimum atomic E-state index is -0.917. The smallest absolute Gasteiger partial charge is 0.332 e. The Balaban J connectivity index is 1.33. The van der Waals surface area contributed by atoms with Gasteiger partial charge in [0.05, 0.1) is 11.3 Å². The number of hydrogen-bond donors (Lipinski definition) is 0. The SMILES string of the molecule is CCC1(CC)C(=O)N(C(=O)[C@@H]2CCCN2C(=O)C(c2ccccc2)c2ccccc2)C1OCC(=O)OCc1ccccc1. The number of benzene rings is 3. The molecule has 0 spiro atoms. The molecular formula is C35H38N2O6. The lowest BCUT2D eigenvalue weighted by Crippen LogP contribution is -2.73. The number of β-lactam (4-membered cyclic amide) rings is 1. The molecule has 3 aromatic rings. The van der Waals surface area contributed by atoms with E-state index in [-0.39, 0.29) is 18.4 Å². The van der Waals surface area contributed by atoms with Crippen LogP contribution in [0, 0.1) is 5.41 Å². The predicted molar refractivity (Wildman–Crippen MR) is 160 cm³/mol. The molecule has 2 aliphatic heterocycles. The van der Waals surface area contributed by atoms with Crippen LogP contribution in [0.15, 0.2) is 91.0 Å². The summed E-state index contributed by atoms with van der Waals surface area (Å²) in [5, 5.41) is 0. The highest BCUT2D eigenvalue weighted by Crippen LogP contribution is 2.47. The number of likely N-dealkylation sites (tertiary alicyclic amines) is 2. The second-order valence-corrected chi connectivity index (χ2v) is 11.1. The van der Waals surface area contributed by atoms with Gasteiger partial charge in [0.2, 0.25) is 11.8 Å². The fourth-order valence-electron chi connectivity index (χ4n) is 6.29. The maximum atomic E-state index is 14.2. The molecule has 43 heavy (non-hydrogen) atoms. The van der Waals surface area contributed by atoms with Crippen molar-refractivity contribution in [2.45, 2.75) is 64.3 Å². The van der Waals surface area contributed by atoms with Crippen LogP contribution >= 0.6 is 0 Å². The Morgan fingerprint density at radius 2 is 1.42 bits per heavy atom. The highest BCUT2D eigenvalue weighted by atomic mass is 16.6. The summed E-state index contributed by atoms with van der Waals surface area (Å²) in [4.78, 5) is 57.1. The molecule has 0 radical (unpaired) electrons. The summed E-state index contributed by atoms with van der Waals surface area (Å²) < 4.78 is 11.3. The van der Waals surface area contributed by atoms with E-state index < -0.39 is 42.1 Å². The topological polar surface area (TPSA) is 93.2 Å². The summed E-state index contributed by atoms with van der Waals surface area (Å²) in [6.45, 7) is 3.88. The third-order valence-electron chi connectivity index (χ3n) is 8.79. The Morgan fingerprint density at radius 1 is 0.860 bits per heavy atom. The van der Waals surface area contributed by atoms with Gasteiger partial charge in [-0.15, -0.1) is 0 Å². The Hall–Kier alpha value is -4.30. The Kier molecular flexibility index (Phi) is 9.36. The molecule has 224 valence electrons. The summed E-state index contributed by atoms with van der Waals surface area (Å²) >= 11 is 0. The predicted octanol–water partition coefficient (Wildman–Crippen LogP) is 5.07. The highest BCUT2D eigenvalue weighted by Gasteiger charge is 2.63. The molecule has 5 rings (SSSR count). The molecule has 2 fully saturated rings. The lowest BCUT2D eigenvalue weighted by atomic mass is 9.71. The second kappa shape index (κ2) is 13.3. The van der Waals surface area contributed by atoms with Crippen molar-refractivity contribution in [2.24, 2.45) is 5.41 Å². The zero-order valence-corrected chi connectivity index (χ0v) is 24.7. The van der Waals surface area contributed by atoms with Crippen LogP contribution < -0.4 is 0 Å². The van der Waals surface area contributed by atoms with E-state index in [1.54, 1.807) is 4.90 Å². The van der Waals surface area contributed by atoms with E-state index in [9.17, 15) is 19.2 Å². The summed E-state index contributed by atoms with van der Waals surface area (Å²) in [6.07, 6.45) is 1.08. The third kappa shape index (κ3) is 5.97. The van der Waals surface area contributed by atoms with Gasteiger partial charge in [-0.2, -0.15) is 0 Å². The lowest BCUT2D eigenvalue weighted by molar-refractivity contribution is -0.227. The van der Waals surface area contributed by atoms with E-state index in [4.69, 9.17) is 9.47 Å². The van der Waals surface area contributed by atoms with Crippen molar-refractivity contribution in [3.63, 3.8) is 0 Å². The van der Waals surface area contributed by atoms with Crippen molar-refractivity contribution in [3.8, 4) is 0 Å². The van der Waals surface area contributed by atoms with Crippen molar-refractivity contribution in [2.75, 3.05) is 13.2 Å². The minimum Gasteiger partial charge on any atom is -0.459 e. The molecule has 0 saturated carbocycles. The standard InChI is InChI=1S/C35H38N2O6/c1-3-35(4-2)33(41)37(34(35)43-24-29(38)42-23-25-15-8-5-9-16-25)31(39)28-21-14-22-36(28)32(40)30(26-17-10-6-11-18-26)27-19-12-7-13-20-27/h5-13,15-20,28,30,34H,3-4,14,21-24H2,1-2H3/t28-,34?/m0/s1. The van der Waals surface area contributed by atoms with Gasteiger partial charge in [-0.1, -0.05) is 105 Å². The average Bonchev–Trinajstić information content (AvgIpc) is 3.55. The monoisotopic (exact) mass is 582 g/mol. The molecule has 0 aromatic heterocycles. The fourth-order valence-corrected chi connectivity index (χ4v) is 6.29. The van der Waals surface area contributed by atoms with E-state index in [0.29, 0.717) is 32.2 Å². The summed E-state index contributed by atoms with van der Waals surface area (Å²) in [6, 6.07) is 27.6. The molecule has 0 N–H and O–H groups in total. The van der Waals surface area contributed by atoms with Gasteiger partial charge in [0.25, 0.3) is 5.91 Å². The fraction of sp³-hybridized carbons (Fsp3) is 0.371. The van der Waals surface area contributed by atoms with Crippen molar-refractivity contribution in [1.29, 1.82) is 0 Å². The Labute approximate surface area is 252 Å². The van der Waals surface area contributed by atoms with Gasteiger partial charge in [-0.25, -0.2) is 4.79 Å². The van der Waals surface area contributed by atoms with Gasteiger partial charge in [0, 0.05) is 6.54 Å². The molecule has 3 aromatic carbocycles. The van der Waals surface area contributed by atoms with Crippen molar-refractivity contribution >= 4 is 23.7 Å². The molecule has 3 amide bonds. The normalized spacial score (nSPS) is 19.3. The zero-order chi connectivity index (χ0) is 30.4. The second-order valence-electron chi connectivity index (χ2n) is 11.1. The Morgan fingerprint density at radius 3 is 1.98 bits per heavy atom. The molecule has 8 heteroatoms. The minimum absolute atomic E-state index is 0.102. The molecule has 8 nitrogen and oxygen atoms in total. The largest absolute Gasteiger partial charge is 0.459 e. The first-order valence-electron chi connectivity index (χ1n) is 15.0.